The highest BCUT2D eigenvalue weighted by molar-refractivity contribution is 5.85. The maximum Gasteiger partial charge on any atom is 0.251 e. The van der Waals surface area contributed by atoms with Gasteiger partial charge in [-0.1, -0.05) is 30.3 Å². The smallest absolute Gasteiger partial charge is 0.251 e. The van der Waals surface area contributed by atoms with E-state index in [0.29, 0.717) is 29.4 Å². The molecule has 1 aromatic carbocycles. The summed E-state index contributed by atoms with van der Waals surface area (Å²) in [5.41, 5.74) is 4.28. The van der Waals surface area contributed by atoms with Crippen LogP contribution in [-0.2, 0) is 16.1 Å². The number of aliphatic hydroxyl groups is 2. The fourth-order valence-electron chi connectivity index (χ4n) is 4.30. The number of likely N-dealkylation sites (N-methyl/N-ethyl adjacent to an activating group) is 1. The van der Waals surface area contributed by atoms with Gasteiger partial charge < -0.3 is 25.6 Å². The minimum absolute atomic E-state index is 0.379. The molecule has 5 rings (SSSR count). The number of nitrogens with zero attached hydrogens (tertiary/aromatic N) is 5. The standard InChI is InChI=1S/C25H27N7O4/c1-13-9-10-16(14(2)29-13)21-30-22(27-11-15-7-5-4-6-8-15)17-23(31-21)32(12-28-17)25-19(34)18(33)20(36-25)24(35)26-3/h4-10,12,18-20,25,33-34H,11H2,1-3H3,(H,26,35)(H,27,30,31)/t18?,19?,20-,25?/m1/s1. The number of hydrogen-bond donors (Lipinski definition) is 4. The zero-order chi connectivity index (χ0) is 25.4. The summed E-state index contributed by atoms with van der Waals surface area (Å²) in [4.78, 5) is 30.7. The molecule has 0 spiro atoms. The molecule has 1 aliphatic rings. The maximum absolute atomic E-state index is 12.2. The summed E-state index contributed by atoms with van der Waals surface area (Å²) < 4.78 is 7.28. The van der Waals surface area contributed by atoms with Gasteiger partial charge in [0.05, 0.1) is 6.33 Å². The number of anilines is 1. The summed E-state index contributed by atoms with van der Waals surface area (Å²) in [6.07, 6.45) is -3.62. The molecule has 1 aliphatic heterocycles. The van der Waals surface area contributed by atoms with Crippen LogP contribution >= 0.6 is 0 Å². The molecule has 186 valence electrons. The summed E-state index contributed by atoms with van der Waals surface area (Å²) in [6.45, 7) is 4.30. The minimum Gasteiger partial charge on any atom is -0.387 e. The molecule has 1 fully saturated rings. The van der Waals surface area contributed by atoms with Crippen molar-refractivity contribution in [1.29, 1.82) is 0 Å². The van der Waals surface area contributed by atoms with Gasteiger partial charge >= 0.3 is 0 Å². The molecule has 4 atom stereocenters. The second-order valence-electron chi connectivity index (χ2n) is 8.69. The summed E-state index contributed by atoms with van der Waals surface area (Å²) >= 11 is 0. The fraction of sp³-hybridized carbons (Fsp3) is 0.320. The molecular formula is C25H27N7O4. The molecule has 4 heterocycles. The first-order chi connectivity index (χ1) is 17.4. The lowest BCUT2D eigenvalue weighted by molar-refractivity contribution is -0.137. The first-order valence-corrected chi connectivity index (χ1v) is 11.6. The average Bonchev–Trinajstić information content (AvgIpc) is 3.43. The molecule has 0 bridgehead atoms. The molecule has 3 aromatic heterocycles. The molecule has 4 N–H and O–H groups in total. The number of carbonyl (C=O) groups is 1. The van der Waals surface area contributed by atoms with E-state index < -0.39 is 30.4 Å². The number of aryl methyl sites for hydroxylation is 2. The van der Waals surface area contributed by atoms with E-state index in [1.165, 1.54) is 17.9 Å². The van der Waals surface area contributed by atoms with E-state index >= 15 is 0 Å². The molecule has 1 amide bonds. The van der Waals surface area contributed by atoms with Crippen LogP contribution in [0.15, 0.2) is 48.8 Å². The van der Waals surface area contributed by atoms with Crippen molar-refractivity contribution in [2.75, 3.05) is 12.4 Å². The Hall–Kier alpha value is -3.93. The van der Waals surface area contributed by atoms with Crippen LogP contribution in [0.25, 0.3) is 22.6 Å². The van der Waals surface area contributed by atoms with E-state index in [2.05, 4.69) is 20.6 Å². The van der Waals surface area contributed by atoms with Crippen LogP contribution in [0.5, 0.6) is 0 Å². The number of aromatic nitrogens is 5. The molecule has 0 saturated carbocycles. The van der Waals surface area contributed by atoms with Gasteiger partial charge in [0.15, 0.2) is 35.1 Å². The number of nitrogens with one attached hydrogen (secondary N) is 2. The summed E-state index contributed by atoms with van der Waals surface area (Å²) in [6, 6.07) is 13.7. The Morgan fingerprint density at radius 3 is 2.56 bits per heavy atom. The van der Waals surface area contributed by atoms with Crippen LogP contribution in [0, 0.1) is 13.8 Å². The second-order valence-corrected chi connectivity index (χ2v) is 8.69. The van der Waals surface area contributed by atoms with Gasteiger partial charge in [-0.25, -0.2) is 15.0 Å². The van der Waals surface area contributed by atoms with Crippen LogP contribution in [0.2, 0.25) is 0 Å². The monoisotopic (exact) mass is 489 g/mol. The highest BCUT2D eigenvalue weighted by atomic mass is 16.6. The lowest BCUT2D eigenvalue weighted by Crippen LogP contribution is -2.41. The number of imidazole rings is 1. The molecule has 0 aliphatic carbocycles. The van der Waals surface area contributed by atoms with Crippen LogP contribution < -0.4 is 10.6 Å². The van der Waals surface area contributed by atoms with Crippen molar-refractivity contribution in [3.8, 4) is 11.4 Å². The van der Waals surface area contributed by atoms with Crippen molar-refractivity contribution in [2.24, 2.45) is 0 Å². The summed E-state index contributed by atoms with van der Waals surface area (Å²) in [5, 5.41) is 26.9. The van der Waals surface area contributed by atoms with Crippen LogP contribution in [0.4, 0.5) is 5.82 Å². The number of ether oxygens (including phenoxy) is 1. The van der Waals surface area contributed by atoms with Gasteiger partial charge in [-0.15, -0.1) is 0 Å². The van der Waals surface area contributed by atoms with Gasteiger partial charge in [-0.2, -0.15) is 0 Å². The number of amides is 1. The molecule has 11 heteroatoms. The molecule has 0 radical (unpaired) electrons. The third-order valence-electron chi connectivity index (χ3n) is 6.21. The van der Waals surface area contributed by atoms with Crippen molar-refractivity contribution in [3.63, 3.8) is 0 Å². The predicted molar refractivity (Wildman–Crippen MR) is 132 cm³/mol. The SMILES string of the molecule is CNC(=O)[C@@H]1OC(n2cnc3c(NCc4ccccc4)nc(-c4ccc(C)nc4C)nc32)C(O)C1O. The minimum atomic E-state index is -1.41. The Bertz CT molecular complexity index is 1410. The van der Waals surface area contributed by atoms with E-state index in [1.54, 1.807) is 0 Å². The summed E-state index contributed by atoms with van der Waals surface area (Å²) in [5.74, 6) is 0.379. The largest absolute Gasteiger partial charge is 0.387 e. The van der Waals surface area contributed by atoms with Crippen LogP contribution in [-0.4, -0.2) is 66.0 Å². The second kappa shape index (κ2) is 9.61. The molecular weight excluding hydrogens is 462 g/mol. The van der Waals surface area contributed by atoms with Crippen molar-refractivity contribution in [2.45, 2.75) is 44.9 Å². The average molecular weight is 490 g/mol. The number of hydrogen-bond acceptors (Lipinski definition) is 9. The Kier molecular flexibility index (Phi) is 6.35. The first kappa shape index (κ1) is 23.8. The number of fused-ring (bicyclic) bond motifs is 1. The van der Waals surface area contributed by atoms with Crippen molar-refractivity contribution in [1.82, 2.24) is 29.8 Å². The predicted octanol–water partition coefficient (Wildman–Crippen LogP) is 1.48. The Labute approximate surface area is 207 Å². The fourth-order valence-corrected chi connectivity index (χ4v) is 4.30. The molecule has 4 aromatic rings. The Morgan fingerprint density at radius 2 is 1.83 bits per heavy atom. The maximum atomic E-state index is 12.2. The quantitative estimate of drug-likeness (QED) is 0.316. The third kappa shape index (κ3) is 4.28. The highest BCUT2D eigenvalue weighted by Gasteiger charge is 2.47. The zero-order valence-corrected chi connectivity index (χ0v) is 20.1. The van der Waals surface area contributed by atoms with Gasteiger partial charge in [-0.3, -0.25) is 14.3 Å². The molecule has 1 saturated heterocycles. The van der Waals surface area contributed by atoms with Crippen molar-refractivity contribution in [3.05, 3.63) is 65.7 Å². The van der Waals surface area contributed by atoms with Crippen LogP contribution in [0.1, 0.15) is 23.2 Å². The normalized spacial score (nSPS) is 21.6. The number of aliphatic hydroxyl groups excluding tert-OH is 2. The molecule has 11 nitrogen and oxygen atoms in total. The Balaban J connectivity index is 1.60. The number of rotatable bonds is 6. The number of benzene rings is 1. The number of carbonyl (C=O) groups excluding carboxylic acids is 1. The van der Waals surface area contributed by atoms with Gasteiger partial charge in [-0.05, 0) is 31.5 Å². The lowest BCUT2D eigenvalue weighted by atomic mass is 10.1. The lowest BCUT2D eigenvalue weighted by Gasteiger charge is -2.17. The topological polar surface area (TPSA) is 147 Å². The highest BCUT2D eigenvalue weighted by Crippen LogP contribution is 2.34. The third-order valence-corrected chi connectivity index (χ3v) is 6.21. The zero-order valence-electron chi connectivity index (χ0n) is 20.1. The van der Waals surface area contributed by atoms with E-state index in [9.17, 15) is 15.0 Å². The van der Waals surface area contributed by atoms with E-state index in [-0.39, 0.29) is 0 Å². The van der Waals surface area contributed by atoms with Crippen molar-refractivity contribution < 1.29 is 19.7 Å². The van der Waals surface area contributed by atoms with Gasteiger partial charge in [0, 0.05) is 30.5 Å². The first-order valence-electron chi connectivity index (χ1n) is 11.6. The molecule has 3 unspecified atom stereocenters. The van der Waals surface area contributed by atoms with Gasteiger partial charge in [0.2, 0.25) is 0 Å². The molecule has 36 heavy (non-hydrogen) atoms. The van der Waals surface area contributed by atoms with Gasteiger partial charge in [0.1, 0.15) is 12.2 Å². The van der Waals surface area contributed by atoms with Gasteiger partial charge in [0.25, 0.3) is 5.91 Å². The van der Waals surface area contributed by atoms with Crippen LogP contribution in [0.3, 0.4) is 0 Å². The van der Waals surface area contributed by atoms with E-state index in [1.807, 2.05) is 56.3 Å². The van der Waals surface area contributed by atoms with Crippen molar-refractivity contribution >= 4 is 22.9 Å². The Morgan fingerprint density at radius 1 is 1.06 bits per heavy atom. The van der Waals surface area contributed by atoms with E-state index in [4.69, 9.17) is 14.7 Å². The number of pyridine rings is 1. The summed E-state index contributed by atoms with van der Waals surface area (Å²) in [7, 11) is 1.44. The van der Waals surface area contributed by atoms with E-state index in [0.717, 1.165) is 22.5 Å².